The Bertz CT molecular complexity index is 838. The first kappa shape index (κ1) is 24.4. The molecule has 0 saturated heterocycles. The molecule has 2 aromatic rings. The van der Waals surface area contributed by atoms with Crippen LogP contribution in [0.5, 0.6) is 5.75 Å². The highest BCUT2D eigenvalue weighted by Crippen LogP contribution is 2.17. The second-order valence-electron chi connectivity index (χ2n) is 6.39. The molecular weight excluding hydrogens is 483 g/mol. The van der Waals surface area contributed by atoms with Crippen LogP contribution >= 0.6 is 24.0 Å². The Morgan fingerprint density at radius 2 is 1.86 bits per heavy atom. The van der Waals surface area contributed by atoms with E-state index in [9.17, 15) is 10.1 Å². The Balaban J connectivity index is 0.00000420. The van der Waals surface area contributed by atoms with Crippen LogP contribution < -0.4 is 15.4 Å². The molecule has 0 aliphatic rings. The fourth-order valence-corrected chi connectivity index (χ4v) is 2.53. The highest BCUT2D eigenvalue weighted by Gasteiger charge is 2.05. The molecule has 29 heavy (non-hydrogen) atoms. The minimum atomic E-state index is -0.410. The predicted molar refractivity (Wildman–Crippen MR) is 127 cm³/mol. The van der Waals surface area contributed by atoms with Crippen molar-refractivity contribution >= 4 is 35.6 Å². The monoisotopic (exact) mass is 510 g/mol. The van der Waals surface area contributed by atoms with Crippen molar-refractivity contribution < 1.29 is 9.66 Å². The molecule has 2 aromatic carbocycles. The third-order valence-electron chi connectivity index (χ3n) is 4.00. The molecule has 8 heteroatoms. The molecule has 0 spiro atoms. The van der Waals surface area contributed by atoms with Gasteiger partial charge in [-0.15, -0.1) is 24.0 Å². The van der Waals surface area contributed by atoms with Crippen LogP contribution in [-0.2, 0) is 13.0 Å². The van der Waals surface area contributed by atoms with Gasteiger partial charge in [0.2, 0.25) is 0 Å². The van der Waals surface area contributed by atoms with Gasteiger partial charge in [0, 0.05) is 25.2 Å². The molecule has 0 aliphatic heterocycles. The second kappa shape index (κ2) is 12.8. The molecule has 0 bridgehead atoms. The van der Waals surface area contributed by atoms with Crippen molar-refractivity contribution in [3.63, 3.8) is 0 Å². The van der Waals surface area contributed by atoms with Gasteiger partial charge in [0.1, 0.15) is 5.75 Å². The largest absolute Gasteiger partial charge is 0.496 e. The Kier molecular flexibility index (Phi) is 10.7. The fraction of sp³-hybridized carbons (Fsp3) is 0.286. The van der Waals surface area contributed by atoms with E-state index in [4.69, 9.17) is 4.74 Å². The van der Waals surface area contributed by atoms with Crippen LogP contribution in [0.1, 0.15) is 18.1 Å². The van der Waals surface area contributed by atoms with Gasteiger partial charge in [-0.2, -0.15) is 0 Å². The number of nitro groups is 1. The molecule has 0 atom stereocenters. The number of nitrogens with one attached hydrogen (secondary N) is 2. The SMILES string of the molecule is C=C(C)CNC(=NCc1ccc([N+](=O)[O-])cc1)NCCc1ccccc1OC.I. The maximum absolute atomic E-state index is 10.7. The standard InChI is InChI=1S/C21H26N4O3.HI/c1-16(2)14-23-21(22-13-12-18-6-4-5-7-20(18)28-3)24-15-17-8-10-19(11-9-17)25(26)27;/h4-11H,1,12-15H2,2-3H3,(H2,22,23,24);1H. The maximum atomic E-state index is 10.7. The van der Waals surface area contributed by atoms with Crippen molar-refractivity contribution in [3.8, 4) is 5.75 Å². The number of hydrogen-bond acceptors (Lipinski definition) is 4. The second-order valence-corrected chi connectivity index (χ2v) is 6.39. The lowest BCUT2D eigenvalue weighted by Crippen LogP contribution is -2.39. The van der Waals surface area contributed by atoms with E-state index in [-0.39, 0.29) is 29.7 Å². The molecule has 0 aliphatic carbocycles. The Hall–Kier alpha value is -2.62. The fourth-order valence-electron chi connectivity index (χ4n) is 2.53. The molecular formula is C21H27IN4O3. The highest BCUT2D eigenvalue weighted by molar-refractivity contribution is 14.0. The number of methoxy groups -OCH3 is 1. The molecule has 2 rings (SSSR count). The third-order valence-corrected chi connectivity index (χ3v) is 4.00. The number of hydrogen-bond donors (Lipinski definition) is 2. The molecule has 156 valence electrons. The van der Waals surface area contributed by atoms with Crippen molar-refractivity contribution in [3.05, 3.63) is 81.9 Å². The number of para-hydroxylation sites is 1. The quantitative estimate of drug-likeness (QED) is 0.133. The van der Waals surface area contributed by atoms with Crippen LogP contribution in [0, 0.1) is 10.1 Å². The van der Waals surface area contributed by atoms with E-state index in [1.54, 1.807) is 19.2 Å². The number of rotatable bonds is 9. The summed E-state index contributed by atoms with van der Waals surface area (Å²) < 4.78 is 5.38. The summed E-state index contributed by atoms with van der Waals surface area (Å²) in [6.45, 7) is 7.55. The summed E-state index contributed by atoms with van der Waals surface area (Å²) in [5, 5.41) is 17.3. The topological polar surface area (TPSA) is 88.8 Å². The van der Waals surface area contributed by atoms with Crippen molar-refractivity contribution in [2.75, 3.05) is 20.2 Å². The number of guanidine groups is 1. The summed E-state index contributed by atoms with van der Waals surface area (Å²) in [4.78, 5) is 14.9. The Labute approximate surface area is 188 Å². The molecule has 7 nitrogen and oxygen atoms in total. The zero-order valence-electron chi connectivity index (χ0n) is 16.7. The van der Waals surface area contributed by atoms with Crippen LogP contribution in [0.25, 0.3) is 0 Å². The lowest BCUT2D eigenvalue weighted by molar-refractivity contribution is -0.384. The lowest BCUT2D eigenvalue weighted by atomic mass is 10.1. The van der Waals surface area contributed by atoms with Crippen molar-refractivity contribution in [1.82, 2.24) is 10.6 Å². The van der Waals surface area contributed by atoms with Crippen molar-refractivity contribution in [2.45, 2.75) is 19.9 Å². The van der Waals surface area contributed by atoms with Gasteiger partial charge in [-0.3, -0.25) is 10.1 Å². The molecule has 2 N–H and O–H groups in total. The summed E-state index contributed by atoms with van der Waals surface area (Å²) >= 11 is 0. The minimum absolute atomic E-state index is 0. The van der Waals surface area contributed by atoms with Gasteiger partial charge in [0.25, 0.3) is 5.69 Å². The summed E-state index contributed by atoms with van der Waals surface area (Å²) in [5.41, 5.74) is 3.08. The Morgan fingerprint density at radius 1 is 1.17 bits per heavy atom. The number of halogens is 1. The molecule has 0 unspecified atom stereocenters. The number of non-ortho nitro benzene ring substituents is 1. The number of nitro benzene ring substituents is 1. The van der Waals surface area contributed by atoms with Crippen molar-refractivity contribution in [2.24, 2.45) is 4.99 Å². The van der Waals surface area contributed by atoms with Gasteiger partial charge < -0.3 is 15.4 Å². The maximum Gasteiger partial charge on any atom is 0.269 e. The normalized spacial score (nSPS) is 10.6. The predicted octanol–water partition coefficient (Wildman–Crippen LogP) is 4.08. The smallest absolute Gasteiger partial charge is 0.269 e. The zero-order valence-corrected chi connectivity index (χ0v) is 19.0. The van der Waals surface area contributed by atoms with Gasteiger partial charge in [0.15, 0.2) is 5.96 Å². The van der Waals surface area contributed by atoms with Gasteiger partial charge in [-0.05, 0) is 30.5 Å². The van der Waals surface area contributed by atoms with E-state index in [2.05, 4.69) is 22.2 Å². The summed E-state index contributed by atoms with van der Waals surface area (Å²) in [5.74, 6) is 1.53. The summed E-state index contributed by atoms with van der Waals surface area (Å²) in [6.07, 6.45) is 0.787. The van der Waals surface area contributed by atoms with E-state index in [1.165, 1.54) is 12.1 Å². The first-order chi connectivity index (χ1) is 13.5. The first-order valence-corrected chi connectivity index (χ1v) is 9.01. The van der Waals surface area contributed by atoms with Gasteiger partial charge in [-0.1, -0.05) is 42.5 Å². The molecule has 0 amide bonds. The van der Waals surface area contributed by atoms with Crippen molar-refractivity contribution in [1.29, 1.82) is 0 Å². The molecule has 0 aromatic heterocycles. The number of benzene rings is 2. The third kappa shape index (κ3) is 8.51. The Morgan fingerprint density at radius 3 is 2.48 bits per heavy atom. The summed E-state index contributed by atoms with van der Waals surface area (Å²) in [7, 11) is 1.66. The minimum Gasteiger partial charge on any atom is -0.496 e. The van der Waals surface area contributed by atoms with Crippen LogP contribution in [0.3, 0.4) is 0 Å². The van der Waals surface area contributed by atoms with Crippen LogP contribution in [-0.4, -0.2) is 31.1 Å². The average molecular weight is 510 g/mol. The molecule has 0 saturated carbocycles. The van der Waals surface area contributed by atoms with Gasteiger partial charge in [0.05, 0.1) is 18.6 Å². The van der Waals surface area contributed by atoms with E-state index in [0.29, 0.717) is 25.6 Å². The number of nitrogens with zero attached hydrogens (tertiary/aromatic N) is 2. The van der Waals surface area contributed by atoms with E-state index < -0.39 is 4.92 Å². The van der Waals surface area contributed by atoms with E-state index >= 15 is 0 Å². The lowest BCUT2D eigenvalue weighted by Gasteiger charge is -2.14. The number of ether oxygens (including phenoxy) is 1. The van der Waals surface area contributed by atoms with Crippen LogP contribution in [0.4, 0.5) is 5.69 Å². The molecule has 0 heterocycles. The summed E-state index contributed by atoms with van der Waals surface area (Å²) in [6, 6.07) is 14.3. The van der Waals surface area contributed by atoms with Gasteiger partial charge >= 0.3 is 0 Å². The first-order valence-electron chi connectivity index (χ1n) is 9.01. The van der Waals surface area contributed by atoms with Gasteiger partial charge in [-0.25, -0.2) is 4.99 Å². The van der Waals surface area contributed by atoms with E-state index in [0.717, 1.165) is 28.9 Å². The number of aliphatic imine (C=N–C) groups is 1. The molecule has 0 radical (unpaired) electrons. The molecule has 0 fully saturated rings. The zero-order chi connectivity index (χ0) is 20.4. The van der Waals surface area contributed by atoms with Crippen LogP contribution in [0.15, 0.2) is 65.7 Å². The average Bonchev–Trinajstić information content (AvgIpc) is 2.70. The van der Waals surface area contributed by atoms with E-state index in [1.807, 2.05) is 31.2 Å². The highest BCUT2D eigenvalue weighted by atomic mass is 127. The van der Waals surface area contributed by atoms with Crippen LogP contribution in [0.2, 0.25) is 0 Å².